The molecule has 0 N–H and O–H groups in total. The van der Waals surface area contributed by atoms with E-state index in [2.05, 4.69) is 218 Å². The number of rotatable bonds is 12. The highest BCUT2D eigenvalue weighted by atomic mass is 32.2. The molecule has 4 aliphatic heterocycles. The maximum atomic E-state index is 6.83. The summed E-state index contributed by atoms with van der Waals surface area (Å²) in [5.74, 6) is 3.37. The lowest BCUT2D eigenvalue weighted by atomic mass is 9.32. The molecule has 338 valence electrons. The van der Waals surface area contributed by atoms with Gasteiger partial charge in [0.1, 0.15) is 23.0 Å². The third kappa shape index (κ3) is 7.51. The molecule has 0 fully saturated rings. The van der Waals surface area contributed by atoms with E-state index in [9.17, 15) is 0 Å². The molecular formula is C62H50B2N2O2S2. The van der Waals surface area contributed by atoms with Gasteiger partial charge in [0.2, 0.25) is 13.4 Å². The molecule has 0 radical (unpaired) electrons. The highest BCUT2D eigenvalue weighted by Crippen LogP contribution is 2.48. The van der Waals surface area contributed by atoms with Crippen LogP contribution in [0.1, 0.15) is 50.7 Å². The van der Waals surface area contributed by atoms with Crippen LogP contribution >= 0.6 is 23.5 Å². The minimum atomic E-state index is 0.0178. The average molecular weight is 941 g/mol. The summed E-state index contributed by atoms with van der Waals surface area (Å²) >= 11 is 3.76. The fourth-order valence-electron chi connectivity index (χ4n) is 11.2. The largest absolute Gasteiger partial charge is 0.457 e. The van der Waals surface area contributed by atoms with Gasteiger partial charge in [-0.2, -0.15) is 0 Å². The molecule has 4 nitrogen and oxygen atoms in total. The Morgan fingerprint density at radius 3 is 1.21 bits per heavy atom. The van der Waals surface area contributed by atoms with E-state index in [1.165, 1.54) is 101 Å². The van der Waals surface area contributed by atoms with Crippen molar-refractivity contribution in [2.75, 3.05) is 9.80 Å². The molecule has 0 aliphatic carbocycles. The van der Waals surface area contributed by atoms with Gasteiger partial charge >= 0.3 is 0 Å². The molecule has 0 saturated heterocycles. The molecule has 9 aromatic carbocycles. The summed E-state index contributed by atoms with van der Waals surface area (Å²) in [6, 6.07) is 71.3. The number of hydrogen-bond acceptors (Lipinski definition) is 6. The number of aryl methyl sites for hydroxylation is 2. The zero-order chi connectivity index (χ0) is 46.7. The van der Waals surface area contributed by atoms with E-state index in [1.807, 2.05) is 23.5 Å². The van der Waals surface area contributed by atoms with Crippen molar-refractivity contribution >= 4 is 104 Å². The van der Waals surface area contributed by atoms with Gasteiger partial charge in [-0.05, 0) is 138 Å². The Bertz CT molecular complexity index is 3220. The van der Waals surface area contributed by atoms with Gasteiger partial charge < -0.3 is 19.3 Å². The number of unbranched alkanes of at least 4 members (excludes halogenated alkanes) is 2. The van der Waals surface area contributed by atoms with E-state index in [-0.39, 0.29) is 13.4 Å². The molecule has 0 spiro atoms. The maximum Gasteiger partial charge on any atom is 0.249 e. The molecule has 9 aromatic rings. The third-order valence-electron chi connectivity index (χ3n) is 14.4. The Morgan fingerprint density at radius 2 is 0.786 bits per heavy atom. The molecule has 0 atom stereocenters. The van der Waals surface area contributed by atoms with Crippen molar-refractivity contribution in [2.45, 2.75) is 72.0 Å². The maximum absolute atomic E-state index is 6.83. The number of anilines is 6. The first-order valence-electron chi connectivity index (χ1n) is 24.9. The van der Waals surface area contributed by atoms with Gasteiger partial charge in [0.15, 0.2) is 0 Å². The quantitative estimate of drug-likeness (QED) is 0.113. The number of ether oxygens (including phenoxy) is 2. The number of para-hydroxylation sites is 4. The molecule has 70 heavy (non-hydrogen) atoms. The van der Waals surface area contributed by atoms with Gasteiger partial charge in [-0.3, -0.25) is 0 Å². The number of hydrogen-bond donors (Lipinski definition) is 0. The lowest BCUT2D eigenvalue weighted by molar-refractivity contribution is 0.481. The summed E-state index contributed by atoms with van der Waals surface area (Å²) in [5.41, 5.74) is 17.6. The number of nitrogens with zero attached hydrogens (tertiary/aromatic N) is 2. The van der Waals surface area contributed by atoms with Crippen molar-refractivity contribution in [2.24, 2.45) is 0 Å². The van der Waals surface area contributed by atoms with Crippen LogP contribution in [0, 0.1) is 0 Å². The Morgan fingerprint density at radius 1 is 0.371 bits per heavy atom. The van der Waals surface area contributed by atoms with Crippen LogP contribution in [0.15, 0.2) is 214 Å². The zero-order valence-electron chi connectivity index (χ0n) is 39.4. The average Bonchev–Trinajstić information content (AvgIpc) is 3.40. The highest BCUT2D eigenvalue weighted by Gasteiger charge is 2.45. The molecule has 4 aliphatic rings. The Labute approximate surface area is 420 Å². The Hall–Kier alpha value is -6.99. The van der Waals surface area contributed by atoms with Crippen LogP contribution in [0.2, 0.25) is 0 Å². The third-order valence-corrected chi connectivity index (χ3v) is 16.7. The predicted molar refractivity (Wildman–Crippen MR) is 297 cm³/mol. The molecule has 0 bridgehead atoms. The fraction of sp³-hybridized carbons (Fsp3) is 0.129. The summed E-state index contributed by atoms with van der Waals surface area (Å²) in [6.07, 6.45) is 6.90. The van der Waals surface area contributed by atoms with E-state index in [0.29, 0.717) is 0 Å². The van der Waals surface area contributed by atoms with E-state index in [4.69, 9.17) is 9.47 Å². The summed E-state index contributed by atoms with van der Waals surface area (Å²) in [4.78, 5) is 9.91. The SMILES string of the molecule is CCCCc1ccc(Oc2cc3c4c(c2)N(c2ccccc2)c2ccccc2B4c2cc4c(cc2S3)Sc2cc(Oc3ccc(CCCC)cc3)cc3c2B4c2ccccc2N3c2ccccc2)cc1. The van der Waals surface area contributed by atoms with Crippen molar-refractivity contribution in [1.82, 2.24) is 0 Å². The molecule has 0 amide bonds. The van der Waals surface area contributed by atoms with Crippen LogP contribution in [0.3, 0.4) is 0 Å². The molecular weight excluding hydrogens is 890 g/mol. The van der Waals surface area contributed by atoms with Crippen LogP contribution in [-0.4, -0.2) is 13.4 Å². The Kier molecular flexibility index (Phi) is 11.1. The number of fused-ring (bicyclic) bond motifs is 8. The van der Waals surface area contributed by atoms with Gasteiger partial charge in [0.05, 0.1) is 0 Å². The zero-order valence-corrected chi connectivity index (χ0v) is 41.0. The van der Waals surface area contributed by atoms with Gasteiger partial charge in [-0.15, -0.1) is 0 Å². The summed E-state index contributed by atoms with van der Waals surface area (Å²) < 4.78 is 13.7. The first kappa shape index (κ1) is 43.1. The topological polar surface area (TPSA) is 24.9 Å². The molecule has 0 unspecified atom stereocenters. The van der Waals surface area contributed by atoms with Gasteiger partial charge in [-0.25, -0.2) is 0 Å². The molecule has 8 heteroatoms. The van der Waals surface area contributed by atoms with Crippen LogP contribution < -0.4 is 52.1 Å². The van der Waals surface area contributed by atoms with Crippen molar-refractivity contribution in [3.05, 3.63) is 205 Å². The molecule has 0 saturated carbocycles. The first-order chi connectivity index (χ1) is 34.6. The predicted octanol–water partition coefficient (Wildman–Crippen LogP) is 13.5. The van der Waals surface area contributed by atoms with Crippen molar-refractivity contribution in [1.29, 1.82) is 0 Å². The second-order valence-corrected chi connectivity index (χ2v) is 21.0. The lowest BCUT2D eigenvalue weighted by Gasteiger charge is -2.42. The van der Waals surface area contributed by atoms with Gasteiger partial charge in [0, 0.05) is 65.8 Å². The second kappa shape index (κ2) is 18.1. The fourth-order valence-corrected chi connectivity index (χ4v) is 13.7. The highest BCUT2D eigenvalue weighted by molar-refractivity contribution is 8.01. The summed E-state index contributed by atoms with van der Waals surface area (Å²) in [5, 5.41) is 0. The molecule has 4 heterocycles. The van der Waals surface area contributed by atoms with E-state index >= 15 is 0 Å². The second-order valence-electron chi connectivity index (χ2n) is 18.9. The van der Waals surface area contributed by atoms with Crippen LogP contribution in [0.5, 0.6) is 23.0 Å². The van der Waals surface area contributed by atoms with E-state index in [1.54, 1.807) is 0 Å². The van der Waals surface area contributed by atoms with Crippen LogP contribution in [0.25, 0.3) is 0 Å². The minimum absolute atomic E-state index is 0.0178. The smallest absolute Gasteiger partial charge is 0.249 e. The summed E-state index contributed by atoms with van der Waals surface area (Å²) in [6.45, 7) is 4.53. The van der Waals surface area contributed by atoms with Gasteiger partial charge in [0.25, 0.3) is 0 Å². The van der Waals surface area contributed by atoms with Gasteiger partial charge in [-0.1, -0.05) is 164 Å². The molecule has 0 aromatic heterocycles. The van der Waals surface area contributed by atoms with E-state index < -0.39 is 0 Å². The van der Waals surface area contributed by atoms with E-state index in [0.717, 1.165) is 58.6 Å². The first-order valence-corrected chi connectivity index (χ1v) is 26.5. The van der Waals surface area contributed by atoms with Crippen molar-refractivity contribution < 1.29 is 9.47 Å². The standard InChI is InChI=1S/C62H50B2N2O2S2/c1-3-5-17-41-27-31-45(32-28-41)67-47-35-55-61-59(37-47)69-57-40-58-52(39-51(57)63(61)49-23-13-15-25-53(49)65(55)43-19-9-7-10-20-43)64-50-24-14-16-26-54(50)66(44-21-11-8-12-22-44)56-36-48(38-60(70-58)62(56)64)68-46-33-29-42(30-34-46)18-6-4-2/h7-16,19-40H,3-6,17-18H2,1-2H3. The molecule has 13 rings (SSSR count). The Balaban J connectivity index is 0.969. The van der Waals surface area contributed by atoms with Crippen molar-refractivity contribution in [3.8, 4) is 23.0 Å². The van der Waals surface area contributed by atoms with Crippen LogP contribution in [-0.2, 0) is 12.8 Å². The lowest BCUT2D eigenvalue weighted by Crippen LogP contribution is -2.63. The monoisotopic (exact) mass is 940 g/mol. The summed E-state index contributed by atoms with van der Waals surface area (Å²) in [7, 11) is 0. The normalized spacial score (nSPS) is 13.4. The number of benzene rings is 9. The van der Waals surface area contributed by atoms with Crippen LogP contribution in [0.4, 0.5) is 34.1 Å². The van der Waals surface area contributed by atoms with Crippen molar-refractivity contribution in [3.63, 3.8) is 0 Å². The minimum Gasteiger partial charge on any atom is -0.457 e.